The maximum atomic E-state index is 12.9. The quantitative estimate of drug-likeness (QED) is 0.592. The second-order valence-electron chi connectivity index (χ2n) is 7.20. The van der Waals surface area contributed by atoms with E-state index in [1.807, 2.05) is 41.3 Å². The molecule has 5 rings (SSSR count). The van der Waals surface area contributed by atoms with Crippen LogP contribution in [-0.4, -0.2) is 31.9 Å². The molecule has 1 aliphatic rings. The second-order valence-corrected chi connectivity index (χ2v) is 7.20. The molecule has 4 aromatic rings. The summed E-state index contributed by atoms with van der Waals surface area (Å²) < 4.78 is 2.17. The molecule has 0 saturated carbocycles. The van der Waals surface area contributed by atoms with Gasteiger partial charge in [0.25, 0.3) is 0 Å². The van der Waals surface area contributed by atoms with Gasteiger partial charge >= 0.3 is 0 Å². The Morgan fingerprint density at radius 1 is 1.11 bits per heavy atom. The number of hydrogen-bond donors (Lipinski definition) is 1. The average Bonchev–Trinajstić information content (AvgIpc) is 3.43. The van der Waals surface area contributed by atoms with Crippen molar-refractivity contribution in [3.8, 4) is 0 Å². The van der Waals surface area contributed by atoms with Crippen LogP contribution in [0.2, 0.25) is 0 Å². The topological polar surface area (TPSA) is 53.9 Å². The van der Waals surface area contributed by atoms with E-state index in [1.54, 1.807) is 0 Å². The summed E-state index contributed by atoms with van der Waals surface area (Å²) in [5.41, 5.74) is 3.18. The van der Waals surface area contributed by atoms with E-state index in [0.717, 1.165) is 36.2 Å². The van der Waals surface area contributed by atoms with Gasteiger partial charge in [0, 0.05) is 31.2 Å². The van der Waals surface area contributed by atoms with Crippen LogP contribution in [0.15, 0.2) is 60.8 Å². The zero-order valence-electron chi connectivity index (χ0n) is 15.1. The summed E-state index contributed by atoms with van der Waals surface area (Å²) in [6, 6.07) is 18.5. The molecular weight excluding hydrogens is 336 g/mol. The van der Waals surface area contributed by atoms with Crippen LogP contribution in [0.1, 0.15) is 31.1 Å². The molecule has 1 aliphatic heterocycles. The standard InChI is InChI=1S/C22H22N4O/c27-21(12-15-25-14-11-16-6-1-4-9-19(16)25)26-13-5-10-20(26)22-23-17-7-2-3-8-18(17)24-22/h1-4,6-9,11,14,20H,5,10,12-13,15H2,(H,23,24)/t20-/m0/s1. The third-order valence-corrected chi connectivity index (χ3v) is 5.54. The number of H-pyrrole nitrogens is 1. The van der Waals surface area contributed by atoms with Crippen molar-refractivity contribution < 1.29 is 4.79 Å². The molecule has 0 bridgehead atoms. The zero-order chi connectivity index (χ0) is 18.2. The molecule has 2 aromatic carbocycles. The Balaban J connectivity index is 1.33. The van der Waals surface area contributed by atoms with E-state index in [4.69, 9.17) is 4.98 Å². The van der Waals surface area contributed by atoms with Crippen molar-refractivity contribution in [3.05, 3.63) is 66.6 Å². The number of imidazole rings is 1. The van der Waals surface area contributed by atoms with Gasteiger partial charge in [-0.05, 0) is 42.5 Å². The van der Waals surface area contributed by atoms with Gasteiger partial charge in [0.15, 0.2) is 0 Å². The van der Waals surface area contributed by atoms with Crippen LogP contribution in [0, 0.1) is 0 Å². The minimum absolute atomic E-state index is 0.0614. The van der Waals surface area contributed by atoms with Crippen molar-refractivity contribution in [2.45, 2.75) is 31.8 Å². The molecule has 0 unspecified atom stereocenters. The number of nitrogens with one attached hydrogen (secondary N) is 1. The Morgan fingerprint density at radius 3 is 2.89 bits per heavy atom. The molecule has 0 radical (unpaired) electrons. The fourth-order valence-electron chi connectivity index (χ4n) is 4.18. The first-order chi connectivity index (χ1) is 13.3. The van der Waals surface area contributed by atoms with Crippen LogP contribution in [0.5, 0.6) is 0 Å². The lowest BCUT2D eigenvalue weighted by Gasteiger charge is -2.23. The van der Waals surface area contributed by atoms with Gasteiger partial charge in [-0.15, -0.1) is 0 Å². The van der Waals surface area contributed by atoms with E-state index in [0.29, 0.717) is 13.0 Å². The Morgan fingerprint density at radius 2 is 1.96 bits per heavy atom. The van der Waals surface area contributed by atoms with Crippen LogP contribution in [-0.2, 0) is 11.3 Å². The average molecular weight is 358 g/mol. The van der Waals surface area contributed by atoms with E-state index in [2.05, 4.69) is 33.9 Å². The number of carbonyl (C=O) groups excluding carboxylic acids is 1. The number of likely N-dealkylation sites (tertiary alicyclic amines) is 1. The highest BCUT2D eigenvalue weighted by atomic mass is 16.2. The van der Waals surface area contributed by atoms with Crippen molar-refractivity contribution in [1.82, 2.24) is 19.4 Å². The van der Waals surface area contributed by atoms with Crippen LogP contribution >= 0.6 is 0 Å². The lowest BCUT2D eigenvalue weighted by Crippen LogP contribution is -2.31. The van der Waals surface area contributed by atoms with Gasteiger partial charge in [0.2, 0.25) is 5.91 Å². The number of aryl methyl sites for hydroxylation is 1. The van der Waals surface area contributed by atoms with Crippen LogP contribution < -0.4 is 0 Å². The van der Waals surface area contributed by atoms with Gasteiger partial charge < -0.3 is 14.5 Å². The summed E-state index contributed by atoms with van der Waals surface area (Å²) in [5.74, 6) is 1.12. The molecule has 1 fully saturated rings. The van der Waals surface area contributed by atoms with Crippen molar-refractivity contribution in [2.75, 3.05) is 6.54 Å². The minimum atomic E-state index is 0.0614. The van der Waals surface area contributed by atoms with Gasteiger partial charge in [-0.1, -0.05) is 30.3 Å². The number of carbonyl (C=O) groups is 1. The van der Waals surface area contributed by atoms with Gasteiger partial charge in [-0.25, -0.2) is 4.98 Å². The highest BCUT2D eigenvalue weighted by Gasteiger charge is 2.31. The number of rotatable bonds is 4. The number of amides is 1. The van der Waals surface area contributed by atoms with Gasteiger partial charge in [0.05, 0.1) is 17.1 Å². The minimum Gasteiger partial charge on any atom is -0.347 e. The largest absolute Gasteiger partial charge is 0.347 e. The molecule has 5 heteroatoms. The summed E-state index contributed by atoms with van der Waals surface area (Å²) in [6.45, 7) is 1.52. The van der Waals surface area contributed by atoms with E-state index < -0.39 is 0 Å². The number of para-hydroxylation sites is 3. The molecular formula is C22H22N4O. The van der Waals surface area contributed by atoms with Crippen molar-refractivity contribution in [2.24, 2.45) is 0 Å². The van der Waals surface area contributed by atoms with Crippen molar-refractivity contribution in [3.63, 3.8) is 0 Å². The SMILES string of the molecule is O=C(CCn1ccc2ccccc21)N1CCC[C@H]1c1nc2ccccc2[nH]1. The Bertz CT molecular complexity index is 1080. The fourth-order valence-corrected chi connectivity index (χ4v) is 4.18. The van der Waals surface area contributed by atoms with Gasteiger partial charge in [0.1, 0.15) is 5.82 Å². The van der Waals surface area contributed by atoms with Crippen molar-refractivity contribution in [1.29, 1.82) is 0 Å². The number of fused-ring (bicyclic) bond motifs is 2. The number of nitrogens with zero attached hydrogens (tertiary/aromatic N) is 3. The molecule has 0 spiro atoms. The molecule has 1 saturated heterocycles. The number of aromatic amines is 1. The Hall–Kier alpha value is -3.08. The fraction of sp³-hybridized carbons (Fsp3) is 0.273. The van der Waals surface area contributed by atoms with E-state index >= 15 is 0 Å². The summed E-state index contributed by atoms with van der Waals surface area (Å²) >= 11 is 0. The third kappa shape index (κ3) is 2.89. The van der Waals surface area contributed by atoms with Crippen LogP contribution in [0.4, 0.5) is 0 Å². The van der Waals surface area contributed by atoms with Crippen LogP contribution in [0.25, 0.3) is 21.9 Å². The summed E-state index contributed by atoms with van der Waals surface area (Å²) in [6.07, 6.45) is 4.58. The summed E-state index contributed by atoms with van der Waals surface area (Å²) in [4.78, 5) is 23.1. The molecule has 1 amide bonds. The molecule has 1 N–H and O–H groups in total. The molecule has 5 nitrogen and oxygen atoms in total. The Labute approximate surface area is 157 Å². The highest BCUT2D eigenvalue weighted by molar-refractivity contribution is 5.81. The predicted octanol–water partition coefficient (Wildman–Crippen LogP) is 4.27. The molecule has 3 heterocycles. The number of hydrogen-bond acceptors (Lipinski definition) is 2. The number of aromatic nitrogens is 3. The van der Waals surface area contributed by atoms with Gasteiger partial charge in [-0.3, -0.25) is 4.79 Å². The first-order valence-corrected chi connectivity index (χ1v) is 9.57. The molecule has 2 aromatic heterocycles. The highest BCUT2D eigenvalue weighted by Crippen LogP contribution is 2.32. The molecule has 27 heavy (non-hydrogen) atoms. The van der Waals surface area contributed by atoms with E-state index in [1.165, 1.54) is 10.9 Å². The second kappa shape index (κ2) is 6.58. The lowest BCUT2D eigenvalue weighted by atomic mass is 10.2. The maximum absolute atomic E-state index is 12.9. The Kier molecular flexibility index (Phi) is 3.93. The molecule has 0 aliphatic carbocycles. The smallest absolute Gasteiger partial charge is 0.224 e. The predicted molar refractivity (Wildman–Crippen MR) is 106 cm³/mol. The molecule has 1 atom stereocenters. The maximum Gasteiger partial charge on any atom is 0.224 e. The third-order valence-electron chi connectivity index (χ3n) is 5.54. The van der Waals surface area contributed by atoms with E-state index in [9.17, 15) is 4.79 Å². The first-order valence-electron chi connectivity index (χ1n) is 9.57. The normalized spacial score (nSPS) is 17.2. The van der Waals surface area contributed by atoms with Gasteiger partial charge in [-0.2, -0.15) is 0 Å². The van der Waals surface area contributed by atoms with Crippen LogP contribution in [0.3, 0.4) is 0 Å². The van der Waals surface area contributed by atoms with Crippen molar-refractivity contribution >= 4 is 27.8 Å². The summed E-state index contributed by atoms with van der Waals surface area (Å²) in [5, 5.41) is 1.21. The first kappa shape index (κ1) is 16.1. The number of benzene rings is 2. The monoisotopic (exact) mass is 358 g/mol. The lowest BCUT2D eigenvalue weighted by molar-refractivity contribution is -0.132. The van der Waals surface area contributed by atoms with E-state index in [-0.39, 0.29) is 11.9 Å². The summed E-state index contributed by atoms with van der Waals surface area (Å²) in [7, 11) is 0. The molecule has 136 valence electrons. The zero-order valence-corrected chi connectivity index (χ0v) is 15.1.